The molecule has 0 radical (unpaired) electrons. The highest BCUT2D eigenvalue weighted by Gasteiger charge is 2.17. The molecular formula is C13H20N2O5. The number of nitrogens with two attached hydrogens (primary N) is 1. The fourth-order valence-corrected chi connectivity index (χ4v) is 1.49. The smallest absolute Gasteiger partial charge is 0.311 e. The number of nitro benzene ring substituents is 1. The summed E-state index contributed by atoms with van der Waals surface area (Å²) >= 11 is 0. The third-order valence-corrected chi connectivity index (χ3v) is 2.51. The molecule has 0 fully saturated rings. The topological polar surface area (TPSA) is 108 Å². The summed E-state index contributed by atoms with van der Waals surface area (Å²) in [5, 5.41) is 20.6. The molecular weight excluding hydrogens is 264 g/mol. The van der Waals surface area contributed by atoms with Gasteiger partial charge in [0.15, 0.2) is 5.75 Å². The maximum absolute atomic E-state index is 10.9. The highest BCUT2D eigenvalue weighted by Crippen LogP contribution is 2.27. The van der Waals surface area contributed by atoms with Gasteiger partial charge in [0.25, 0.3) is 0 Å². The number of nitro groups is 1. The van der Waals surface area contributed by atoms with Crippen molar-refractivity contribution in [3.63, 3.8) is 0 Å². The van der Waals surface area contributed by atoms with Crippen molar-refractivity contribution in [1.29, 1.82) is 0 Å². The van der Waals surface area contributed by atoms with Crippen molar-refractivity contribution in [2.24, 2.45) is 5.73 Å². The van der Waals surface area contributed by atoms with Crippen LogP contribution in [0, 0.1) is 10.1 Å². The molecule has 1 aromatic rings. The second-order valence-electron chi connectivity index (χ2n) is 4.61. The molecule has 1 atom stereocenters. The first-order chi connectivity index (χ1) is 9.43. The standard InChI is InChI=1S/C13H20N2O5/c1-9(2)19-7-11(16)8-20-13-4-3-10(6-14)5-12(13)15(17)18/h3-5,9,11,16H,6-8,14H2,1-2H3. The van der Waals surface area contributed by atoms with Crippen molar-refractivity contribution < 1.29 is 19.5 Å². The molecule has 0 heterocycles. The number of rotatable bonds is 8. The summed E-state index contributed by atoms with van der Waals surface area (Å²) in [6, 6.07) is 4.50. The molecule has 7 nitrogen and oxygen atoms in total. The number of hydrogen-bond donors (Lipinski definition) is 2. The van der Waals surface area contributed by atoms with Crippen LogP contribution in [-0.2, 0) is 11.3 Å². The molecule has 1 rings (SSSR count). The van der Waals surface area contributed by atoms with Gasteiger partial charge in [0.2, 0.25) is 0 Å². The summed E-state index contributed by atoms with van der Waals surface area (Å²) in [7, 11) is 0. The molecule has 0 saturated carbocycles. The molecule has 7 heteroatoms. The first-order valence-electron chi connectivity index (χ1n) is 6.34. The minimum absolute atomic E-state index is 0.00261. The van der Waals surface area contributed by atoms with Gasteiger partial charge in [-0.3, -0.25) is 10.1 Å². The Bertz CT molecular complexity index is 450. The zero-order valence-corrected chi connectivity index (χ0v) is 11.6. The van der Waals surface area contributed by atoms with E-state index < -0.39 is 11.0 Å². The predicted molar refractivity (Wildman–Crippen MR) is 73.6 cm³/mol. The van der Waals surface area contributed by atoms with Crippen LogP contribution < -0.4 is 10.5 Å². The summed E-state index contributed by atoms with van der Waals surface area (Å²) in [6.45, 7) is 3.96. The van der Waals surface area contributed by atoms with E-state index in [1.165, 1.54) is 12.1 Å². The number of ether oxygens (including phenoxy) is 2. The second-order valence-corrected chi connectivity index (χ2v) is 4.61. The third kappa shape index (κ3) is 5.12. The summed E-state index contributed by atoms with van der Waals surface area (Å²) < 4.78 is 10.5. The van der Waals surface area contributed by atoms with Crippen LogP contribution in [0.15, 0.2) is 18.2 Å². The average Bonchev–Trinajstić information content (AvgIpc) is 2.42. The maximum Gasteiger partial charge on any atom is 0.311 e. The van der Waals surface area contributed by atoms with Crippen LogP contribution in [0.5, 0.6) is 5.75 Å². The van der Waals surface area contributed by atoms with Gasteiger partial charge >= 0.3 is 5.69 Å². The first kappa shape index (κ1) is 16.4. The maximum atomic E-state index is 10.9. The molecule has 112 valence electrons. The van der Waals surface area contributed by atoms with Gasteiger partial charge in [0, 0.05) is 12.6 Å². The molecule has 3 N–H and O–H groups in total. The van der Waals surface area contributed by atoms with Crippen molar-refractivity contribution in [3.05, 3.63) is 33.9 Å². The SMILES string of the molecule is CC(C)OCC(O)COc1ccc(CN)cc1[N+](=O)[O-]. The molecule has 0 saturated heterocycles. The Balaban J connectivity index is 2.65. The second kappa shape index (κ2) is 7.78. The van der Waals surface area contributed by atoms with Crippen LogP contribution in [0.4, 0.5) is 5.69 Å². The summed E-state index contributed by atoms with van der Waals surface area (Å²) in [4.78, 5) is 10.4. The van der Waals surface area contributed by atoms with E-state index in [4.69, 9.17) is 15.2 Å². The molecule has 0 aliphatic heterocycles. The van der Waals surface area contributed by atoms with Crippen LogP contribution in [0.3, 0.4) is 0 Å². The number of nitrogens with zero attached hydrogens (tertiary/aromatic N) is 1. The normalized spacial score (nSPS) is 12.4. The van der Waals surface area contributed by atoms with Gasteiger partial charge in [-0.05, 0) is 25.5 Å². The monoisotopic (exact) mass is 284 g/mol. The number of benzene rings is 1. The van der Waals surface area contributed by atoms with Gasteiger partial charge < -0.3 is 20.3 Å². The molecule has 0 spiro atoms. The Morgan fingerprint density at radius 1 is 1.40 bits per heavy atom. The lowest BCUT2D eigenvalue weighted by molar-refractivity contribution is -0.386. The van der Waals surface area contributed by atoms with Crippen molar-refractivity contribution in [1.82, 2.24) is 0 Å². The van der Waals surface area contributed by atoms with Crippen LogP contribution in [0.1, 0.15) is 19.4 Å². The largest absolute Gasteiger partial charge is 0.484 e. The minimum atomic E-state index is -0.841. The summed E-state index contributed by atoms with van der Waals surface area (Å²) in [5.74, 6) is 0.107. The van der Waals surface area contributed by atoms with Crippen LogP contribution in [0.2, 0.25) is 0 Å². The van der Waals surface area contributed by atoms with Crippen molar-refractivity contribution in [2.45, 2.75) is 32.6 Å². The predicted octanol–water partition coefficient (Wildman–Crippen LogP) is 1.22. The Kier molecular flexibility index (Phi) is 6.37. The van der Waals surface area contributed by atoms with E-state index in [0.717, 1.165) is 0 Å². The fourth-order valence-electron chi connectivity index (χ4n) is 1.49. The van der Waals surface area contributed by atoms with E-state index >= 15 is 0 Å². The van der Waals surface area contributed by atoms with Crippen LogP contribution >= 0.6 is 0 Å². The lowest BCUT2D eigenvalue weighted by Crippen LogP contribution is -2.25. The van der Waals surface area contributed by atoms with Gasteiger partial charge in [0.05, 0.1) is 17.6 Å². The fraction of sp³-hybridized carbons (Fsp3) is 0.538. The number of hydrogen-bond acceptors (Lipinski definition) is 6. The highest BCUT2D eigenvalue weighted by molar-refractivity contribution is 5.48. The van der Waals surface area contributed by atoms with Gasteiger partial charge in [-0.25, -0.2) is 0 Å². The first-order valence-corrected chi connectivity index (χ1v) is 6.34. The Labute approximate surface area is 117 Å². The molecule has 1 unspecified atom stereocenters. The van der Waals surface area contributed by atoms with Gasteiger partial charge in [-0.1, -0.05) is 6.07 Å². The zero-order valence-electron chi connectivity index (χ0n) is 11.6. The van der Waals surface area contributed by atoms with Crippen molar-refractivity contribution in [3.8, 4) is 5.75 Å². The van der Waals surface area contributed by atoms with E-state index in [0.29, 0.717) is 5.56 Å². The lowest BCUT2D eigenvalue weighted by Gasteiger charge is -2.14. The van der Waals surface area contributed by atoms with Crippen LogP contribution in [-0.4, -0.2) is 35.5 Å². The van der Waals surface area contributed by atoms with Gasteiger partial charge in [-0.15, -0.1) is 0 Å². The molecule has 1 aromatic carbocycles. The molecule has 0 aliphatic carbocycles. The molecule has 0 bridgehead atoms. The van der Waals surface area contributed by atoms with E-state index in [1.807, 2.05) is 13.8 Å². The molecule has 20 heavy (non-hydrogen) atoms. The van der Waals surface area contributed by atoms with E-state index in [9.17, 15) is 15.2 Å². The Hall–Kier alpha value is -1.70. The molecule has 0 aliphatic rings. The molecule has 0 aromatic heterocycles. The zero-order chi connectivity index (χ0) is 15.1. The Morgan fingerprint density at radius 3 is 2.65 bits per heavy atom. The van der Waals surface area contributed by atoms with Crippen molar-refractivity contribution in [2.75, 3.05) is 13.2 Å². The Morgan fingerprint density at radius 2 is 2.10 bits per heavy atom. The third-order valence-electron chi connectivity index (χ3n) is 2.51. The van der Waals surface area contributed by atoms with E-state index in [1.54, 1.807) is 6.07 Å². The number of aliphatic hydroxyl groups excluding tert-OH is 1. The van der Waals surface area contributed by atoms with Gasteiger partial charge in [0.1, 0.15) is 12.7 Å². The van der Waals surface area contributed by atoms with Crippen LogP contribution in [0.25, 0.3) is 0 Å². The van der Waals surface area contributed by atoms with E-state index in [-0.39, 0.29) is 37.3 Å². The number of aliphatic hydroxyl groups is 1. The summed E-state index contributed by atoms with van der Waals surface area (Å²) in [5.41, 5.74) is 5.92. The molecule has 0 amide bonds. The van der Waals surface area contributed by atoms with Crippen molar-refractivity contribution >= 4 is 5.69 Å². The quantitative estimate of drug-likeness (QED) is 0.549. The van der Waals surface area contributed by atoms with Gasteiger partial charge in [-0.2, -0.15) is 0 Å². The minimum Gasteiger partial charge on any atom is -0.484 e. The average molecular weight is 284 g/mol. The summed E-state index contributed by atoms with van der Waals surface area (Å²) in [6.07, 6.45) is -0.839. The highest BCUT2D eigenvalue weighted by atomic mass is 16.6. The van der Waals surface area contributed by atoms with E-state index in [2.05, 4.69) is 0 Å². The lowest BCUT2D eigenvalue weighted by atomic mass is 10.2.